The fourth-order valence-corrected chi connectivity index (χ4v) is 2.55. The molecular weight excluding hydrogens is 256 g/mol. The molecule has 0 aromatic heterocycles. The first-order valence-electron chi connectivity index (χ1n) is 6.51. The second-order valence-corrected chi connectivity index (χ2v) is 4.99. The highest BCUT2D eigenvalue weighted by atomic mass is 35.5. The van der Waals surface area contributed by atoms with Crippen LogP contribution in [0.2, 0.25) is 0 Å². The first-order chi connectivity index (χ1) is 8.25. The maximum absolute atomic E-state index is 11.7. The number of carbonyl (C=O) groups is 1. The molecular formula is C12H23ClN2O3. The monoisotopic (exact) mass is 278 g/mol. The van der Waals surface area contributed by atoms with Crippen molar-refractivity contribution in [2.75, 3.05) is 26.3 Å². The van der Waals surface area contributed by atoms with Gasteiger partial charge in [-0.05, 0) is 12.8 Å². The molecule has 2 aliphatic rings. The van der Waals surface area contributed by atoms with Gasteiger partial charge >= 0.3 is 0 Å². The second kappa shape index (κ2) is 7.94. The summed E-state index contributed by atoms with van der Waals surface area (Å²) in [5.41, 5.74) is 0. The number of halogens is 1. The number of hydrogen-bond acceptors (Lipinski definition) is 4. The van der Waals surface area contributed by atoms with Gasteiger partial charge in [0.1, 0.15) is 0 Å². The van der Waals surface area contributed by atoms with Gasteiger partial charge in [0, 0.05) is 31.5 Å². The Labute approximate surface area is 114 Å². The zero-order chi connectivity index (χ0) is 12.1. The molecule has 1 saturated heterocycles. The lowest BCUT2D eigenvalue weighted by Crippen LogP contribution is -2.45. The third-order valence-electron chi connectivity index (χ3n) is 3.61. The topological polar surface area (TPSA) is 70.6 Å². The van der Waals surface area contributed by atoms with Gasteiger partial charge in [-0.15, -0.1) is 12.4 Å². The fourth-order valence-electron chi connectivity index (χ4n) is 2.55. The number of aliphatic hydroxyl groups excluding tert-OH is 1. The predicted molar refractivity (Wildman–Crippen MR) is 70.8 cm³/mol. The molecule has 18 heavy (non-hydrogen) atoms. The van der Waals surface area contributed by atoms with E-state index in [0.717, 1.165) is 32.4 Å². The highest BCUT2D eigenvalue weighted by Crippen LogP contribution is 2.24. The number of nitrogens with one attached hydrogen (secondary N) is 2. The van der Waals surface area contributed by atoms with E-state index in [1.807, 2.05) is 0 Å². The van der Waals surface area contributed by atoms with Crippen LogP contribution in [0.4, 0.5) is 0 Å². The first-order valence-corrected chi connectivity index (χ1v) is 6.51. The number of hydrogen-bond donors (Lipinski definition) is 3. The van der Waals surface area contributed by atoms with Gasteiger partial charge in [-0.1, -0.05) is 6.42 Å². The van der Waals surface area contributed by atoms with Crippen molar-refractivity contribution >= 4 is 18.3 Å². The van der Waals surface area contributed by atoms with E-state index in [1.165, 1.54) is 0 Å². The standard InChI is InChI=1S/C12H22N2O3.ClH/c15-11-3-1-2-9(11)7-14-12(16)6-10-8-17-5-4-13-10;/h9-11,13,15H,1-8H2,(H,14,16);1H. The summed E-state index contributed by atoms with van der Waals surface area (Å²) in [6, 6.07) is 0.136. The Morgan fingerprint density at radius 3 is 2.89 bits per heavy atom. The van der Waals surface area contributed by atoms with Crippen LogP contribution in [0.1, 0.15) is 25.7 Å². The average Bonchev–Trinajstić information content (AvgIpc) is 2.74. The highest BCUT2D eigenvalue weighted by molar-refractivity contribution is 5.85. The predicted octanol–water partition coefficient (Wildman–Crippen LogP) is 0.0639. The number of rotatable bonds is 4. The number of amides is 1. The lowest BCUT2D eigenvalue weighted by molar-refractivity contribution is -0.122. The van der Waals surface area contributed by atoms with Crippen LogP contribution < -0.4 is 10.6 Å². The SMILES string of the molecule is Cl.O=C(CC1COCCN1)NCC1CCCC1O. The molecule has 1 amide bonds. The van der Waals surface area contributed by atoms with Gasteiger partial charge < -0.3 is 20.5 Å². The average molecular weight is 279 g/mol. The third kappa shape index (κ3) is 4.72. The molecule has 3 N–H and O–H groups in total. The Morgan fingerprint density at radius 2 is 2.28 bits per heavy atom. The Bertz CT molecular complexity index is 260. The summed E-state index contributed by atoms with van der Waals surface area (Å²) < 4.78 is 5.30. The number of ether oxygens (including phenoxy) is 1. The minimum absolute atomic E-state index is 0. The molecule has 0 aromatic rings. The molecule has 1 heterocycles. The Balaban J connectivity index is 0.00000162. The van der Waals surface area contributed by atoms with Crippen LogP contribution in [0.3, 0.4) is 0 Å². The van der Waals surface area contributed by atoms with Crippen molar-refractivity contribution in [3.05, 3.63) is 0 Å². The van der Waals surface area contributed by atoms with E-state index in [4.69, 9.17) is 4.74 Å². The van der Waals surface area contributed by atoms with Crippen LogP contribution in [-0.2, 0) is 9.53 Å². The summed E-state index contributed by atoms with van der Waals surface area (Å²) >= 11 is 0. The van der Waals surface area contributed by atoms with E-state index >= 15 is 0 Å². The summed E-state index contributed by atoms with van der Waals surface area (Å²) in [5.74, 6) is 0.293. The maximum Gasteiger partial charge on any atom is 0.221 e. The summed E-state index contributed by atoms with van der Waals surface area (Å²) in [5, 5.41) is 15.8. The number of morpholine rings is 1. The Hall–Kier alpha value is -0.360. The summed E-state index contributed by atoms with van der Waals surface area (Å²) in [4.78, 5) is 11.7. The molecule has 6 heteroatoms. The van der Waals surface area contributed by atoms with Gasteiger partial charge in [0.05, 0.1) is 19.3 Å². The van der Waals surface area contributed by atoms with Crippen molar-refractivity contribution in [2.45, 2.75) is 37.8 Å². The van der Waals surface area contributed by atoms with Crippen molar-refractivity contribution in [3.8, 4) is 0 Å². The maximum atomic E-state index is 11.7. The normalized spacial score (nSPS) is 31.7. The fraction of sp³-hybridized carbons (Fsp3) is 0.917. The van der Waals surface area contributed by atoms with Crippen LogP contribution in [0, 0.1) is 5.92 Å². The van der Waals surface area contributed by atoms with Crippen molar-refractivity contribution in [3.63, 3.8) is 0 Å². The number of aliphatic hydroxyl groups is 1. The van der Waals surface area contributed by atoms with Gasteiger partial charge in [-0.2, -0.15) is 0 Å². The quantitative estimate of drug-likeness (QED) is 0.680. The second-order valence-electron chi connectivity index (χ2n) is 4.99. The van der Waals surface area contributed by atoms with Crippen LogP contribution in [-0.4, -0.2) is 49.5 Å². The van der Waals surface area contributed by atoms with E-state index in [1.54, 1.807) is 0 Å². The molecule has 1 aliphatic heterocycles. The van der Waals surface area contributed by atoms with Gasteiger partial charge in [0.25, 0.3) is 0 Å². The lowest BCUT2D eigenvalue weighted by atomic mass is 10.1. The molecule has 0 radical (unpaired) electrons. The summed E-state index contributed by atoms with van der Waals surface area (Å²) in [7, 11) is 0. The van der Waals surface area contributed by atoms with Crippen molar-refractivity contribution in [2.24, 2.45) is 5.92 Å². The zero-order valence-corrected chi connectivity index (χ0v) is 11.4. The molecule has 0 bridgehead atoms. The van der Waals surface area contributed by atoms with E-state index < -0.39 is 0 Å². The molecule has 2 fully saturated rings. The first kappa shape index (κ1) is 15.7. The molecule has 5 nitrogen and oxygen atoms in total. The third-order valence-corrected chi connectivity index (χ3v) is 3.61. The molecule has 1 saturated carbocycles. The van der Waals surface area contributed by atoms with Gasteiger partial charge in [0.15, 0.2) is 0 Å². The van der Waals surface area contributed by atoms with Crippen molar-refractivity contribution < 1.29 is 14.6 Å². The summed E-state index contributed by atoms with van der Waals surface area (Å²) in [6.07, 6.45) is 3.19. The Kier molecular flexibility index (Phi) is 6.92. The lowest BCUT2D eigenvalue weighted by Gasteiger charge is -2.23. The minimum Gasteiger partial charge on any atom is -0.393 e. The van der Waals surface area contributed by atoms with Crippen LogP contribution in [0.15, 0.2) is 0 Å². The van der Waals surface area contributed by atoms with Crippen LogP contribution >= 0.6 is 12.4 Å². The highest BCUT2D eigenvalue weighted by Gasteiger charge is 2.25. The zero-order valence-electron chi connectivity index (χ0n) is 10.6. The van der Waals surface area contributed by atoms with E-state index in [-0.39, 0.29) is 36.4 Å². The van der Waals surface area contributed by atoms with E-state index in [9.17, 15) is 9.90 Å². The van der Waals surface area contributed by atoms with Gasteiger partial charge in [-0.25, -0.2) is 0 Å². The number of carbonyl (C=O) groups excluding carboxylic acids is 1. The van der Waals surface area contributed by atoms with E-state index in [2.05, 4.69) is 10.6 Å². The van der Waals surface area contributed by atoms with Crippen LogP contribution in [0.25, 0.3) is 0 Å². The van der Waals surface area contributed by atoms with E-state index in [0.29, 0.717) is 19.6 Å². The molecule has 0 aromatic carbocycles. The largest absolute Gasteiger partial charge is 0.393 e. The molecule has 3 atom stereocenters. The minimum atomic E-state index is -0.230. The van der Waals surface area contributed by atoms with Gasteiger partial charge in [-0.3, -0.25) is 4.79 Å². The molecule has 2 rings (SSSR count). The summed E-state index contributed by atoms with van der Waals surface area (Å²) in [6.45, 7) is 2.76. The molecule has 3 unspecified atom stereocenters. The molecule has 1 aliphatic carbocycles. The Morgan fingerprint density at radius 1 is 1.44 bits per heavy atom. The molecule has 106 valence electrons. The molecule has 0 spiro atoms. The van der Waals surface area contributed by atoms with Crippen molar-refractivity contribution in [1.82, 2.24) is 10.6 Å². The van der Waals surface area contributed by atoms with Gasteiger partial charge in [0.2, 0.25) is 5.91 Å². The van der Waals surface area contributed by atoms with Crippen molar-refractivity contribution in [1.29, 1.82) is 0 Å². The smallest absolute Gasteiger partial charge is 0.221 e. The van der Waals surface area contributed by atoms with Crippen LogP contribution in [0.5, 0.6) is 0 Å².